The Morgan fingerprint density at radius 1 is 1.05 bits per heavy atom. The number of aryl methyl sites for hydroxylation is 1. The largest absolute Gasteiger partial charge is 0.493 e. The first-order valence-corrected chi connectivity index (χ1v) is 6.85. The molecular weight excluding hydrogens is 288 g/mol. The Bertz CT molecular complexity index is 811. The lowest BCUT2D eigenvalue weighted by molar-refractivity contribution is 0.355. The van der Waals surface area contributed by atoms with Crippen molar-refractivity contribution in [2.45, 2.75) is 0 Å². The van der Waals surface area contributed by atoms with Crippen molar-refractivity contribution in [3.05, 3.63) is 41.7 Å². The molecule has 0 radical (unpaired) electrons. The van der Waals surface area contributed by atoms with Gasteiger partial charge in [-0.2, -0.15) is 0 Å². The molecule has 0 aliphatic carbocycles. The Morgan fingerprint density at radius 2 is 1.81 bits per heavy atom. The van der Waals surface area contributed by atoms with Crippen LogP contribution in [0, 0.1) is 0 Å². The van der Waals surface area contributed by atoms with Gasteiger partial charge in [0.05, 0.1) is 19.7 Å². The first-order valence-electron chi connectivity index (χ1n) is 6.47. The highest BCUT2D eigenvalue weighted by molar-refractivity contribution is 6.30. The summed E-state index contributed by atoms with van der Waals surface area (Å²) in [6.45, 7) is 0. The SMILES string of the molecule is COc1ccc(-c2cc3cnc(Cl)cc3n2C)cc1OC. The molecule has 21 heavy (non-hydrogen) atoms. The van der Waals surface area contributed by atoms with Gasteiger partial charge in [0, 0.05) is 29.9 Å². The van der Waals surface area contributed by atoms with E-state index in [9.17, 15) is 0 Å². The molecule has 1 aromatic carbocycles. The summed E-state index contributed by atoms with van der Waals surface area (Å²) >= 11 is 5.97. The van der Waals surface area contributed by atoms with E-state index in [1.807, 2.05) is 31.3 Å². The maximum atomic E-state index is 5.97. The average molecular weight is 303 g/mol. The van der Waals surface area contributed by atoms with Gasteiger partial charge in [0.15, 0.2) is 11.5 Å². The number of halogens is 1. The zero-order valence-electron chi connectivity index (χ0n) is 12.1. The van der Waals surface area contributed by atoms with Gasteiger partial charge in [-0.3, -0.25) is 0 Å². The van der Waals surface area contributed by atoms with Crippen LogP contribution in [0.3, 0.4) is 0 Å². The first-order chi connectivity index (χ1) is 10.1. The van der Waals surface area contributed by atoms with E-state index in [1.165, 1.54) is 0 Å². The summed E-state index contributed by atoms with van der Waals surface area (Å²) in [5.74, 6) is 1.42. The number of fused-ring (bicyclic) bond motifs is 1. The number of hydrogen-bond donors (Lipinski definition) is 0. The first kappa shape index (κ1) is 13.8. The lowest BCUT2D eigenvalue weighted by atomic mass is 10.1. The van der Waals surface area contributed by atoms with E-state index in [2.05, 4.69) is 15.6 Å². The van der Waals surface area contributed by atoms with Gasteiger partial charge < -0.3 is 14.0 Å². The van der Waals surface area contributed by atoms with E-state index in [0.717, 1.165) is 22.2 Å². The van der Waals surface area contributed by atoms with Crippen LogP contribution in [0.4, 0.5) is 0 Å². The van der Waals surface area contributed by atoms with Crippen LogP contribution in [0.1, 0.15) is 0 Å². The van der Waals surface area contributed by atoms with Gasteiger partial charge in [0.25, 0.3) is 0 Å². The molecule has 108 valence electrons. The maximum Gasteiger partial charge on any atom is 0.161 e. The maximum absolute atomic E-state index is 5.97. The van der Waals surface area contributed by atoms with Crippen LogP contribution in [0.5, 0.6) is 11.5 Å². The average Bonchev–Trinajstić information content (AvgIpc) is 2.83. The highest BCUT2D eigenvalue weighted by Crippen LogP contribution is 2.34. The van der Waals surface area contributed by atoms with E-state index in [-0.39, 0.29) is 0 Å². The second-order valence-electron chi connectivity index (χ2n) is 4.72. The standard InChI is InChI=1S/C16H15ClN2O2/c1-19-12(6-11-9-18-16(17)8-13(11)19)10-4-5-14(20-2)15(7-10)21-3/h4-9H,1-3H3. The Morgan fingerprint density at radius 3 is 2.52 bits per heavy atom. The molecule has 0 spiro atoms. The molecule has 0 atom stereocenters. The lowest BCUT2D eigenvalue weighted by Gasteiger charge is -2.10. The summed E-state index contributed by atoms with van der Waals surface area (Å²) in [7, 11) is 5.26. The van der Waals surface area contributed by atoms with Crippen LogP contribution in [-0.4, -0.2) is 23.8 Å². The van der Waals surface area contributed by atoms with Crippen molar-refractivity contribution in [2.75, 3.05) is 14.2 Å². The number of aromatic nitrogens is 2. The molecule has 0 saturated heterocycles. The van der Waals surface area contributed by atoms with Crippen molar-refractivity contribution in [2.24, 2.45) is 7.05 Å². The lowest BCUT2D eigenvalue weighted by Crippen LogP contribution is -1.94. The number of nitrogens with zero attached hydrogens (tertiary/aromatic N) is 2. The molecule has 4 nitrogen and oxygen atoms in total. The second kappa shape index (κ2) is 5.30. The summed E-state index contributed by atoms with van der Waals surface area (Å²) in [5, 5.41) is 1.54. The number of benzene rings is 1. The van der Waals surface area contributed by atoms with Crippen molar-refractivity contribution >= 4 is 22.5 Å². The quantitative estimate of drug-likeness (QED) is 0.688. The van der Waals surface area contributed by atoms with Crippen LogP contribution in [-0.2, 0) is 7.05 Å². The predicted octanol–water partition coefficient (Wildman–Crippen LogP) is 3.91. The molecule has 5 heteroatoms. The molecule has 2 aromatic heterocycles. The molecule has 0 aliphatic rings. The van der Waals surface area contributed by atoms with Gasteiger partial charge in [-0.05, 0) is 30.3 Å². The second-order valence-corrected chi connectivity index (χ2v) is 5.11. The van der Waals surface area contributed by atoms with E-state index >= 15 is 0 Å². The molecule has 0 aliphatic heterocycles. The molecule has 0 fully saturated rings. The van der Waals surface area contributed by atoms with Crippen molar-refractivity contribution in [3.63, 3.8) is 0 Å². The van der Waals surface area contributed by atoms with Gasteiger partial charge in [-0.1, -0.05) is 11.6 Å². The number of methoxy groups -OCH3 is 2. The van der Waals surface area contributed by atoms with Gasteiger partial charge in [-0.15, -0.1) is 0 Å². The highest BCUT2D eigenvalue weighted by Gasteiger charge is 2.11. The van der Waals surface area contributed by atoms with Crippen LogP contribution in [0.15, 0.2) is 36.5 Å². The fraction of sp³-hybridized carbons (Fsp3) is 0.188. The Hall–Kier alpha value is -2.20. The fourth-order valence-corrected chi connectivity index (χ4v) is 2.63. The zero-order valence-corrected chi connectivity index (χ0v) is 12.8. The third kappa shape index (κ3) is 2.32. The molecule has 3 rings (SSSR count). The van der Waals surface area contributed by atoms with E-state index in [1.54, 1.807) is 20.4 Å². The minimum Gasteiger partial charge on any atom is -0.493 e. The van der Waals surface area contributed by atoms with Crippen molar-refractivity contribution in [1.82, 2.24) is 9.55 Å². The van der Waals surface area contributed by atoms with Crippen molar-refractivity contribution in [1.29, 1.82) is 0 Å². The third-order valence-electron chi connectivity index (χ3n) is 3.57. The van der Waals surface area contributed by atoms with E-state index in [0.29, 0.717) is 16.7 Å². The summed E-state index contributed by atoms with van der Waals surface area (Å²) in [5.41, 5.74) is 3.15. The van der Waals surface area contributed by atoms with Gasteiger partial charge in [0.1, 0.15) is 5.15 Å². The minimum absolute atomic E-state index is 0.488. The normalized spacial score (nSPS) is 10.9. The van der Waals surface area contributed by atoms with Crippen molar-refractivity contribution < 1.29 is 9.47 Å². The van der Waals surface area contributed by atoms with Crippen molar-refractivity contribution in [3.8, 4) is 22.8 Å². The Balaban J connectivity index is 2.18. The molecule has 0 N–H and O–H groups in total. The summed E-state index contributed by atoms with van der Waals surface area (Å²) < 4.78 is 12.7. The van der Waals surface area contributed by atoms with Gasteiger partial charge in [-0.25, -0.2) is 4.98 Å². The summed E-state index contributed by atoms with van der Waals surface area (Å²) in [6.07, 6.45) is 1.78. The Labute approximate surface area is 127 Å². The Kier molecular flexibility index (Phi) is 3.47. The van der Waals surface area contributed by atoms with Crippen LogP contribution in [0.2, 0.25) is 5.15 Å². The van der Waals surface area contributed by atoms with Gasteiger partial charge in [0.2, 0.25) is 0 Å². The molecule has 0 amide bonds. The van der Waals surface area contributed by atoms with Crippen LogP contribution < -0.4 is 9.47 Å². The molecule has 2 heterocycles. The number of ether oxygens (including phenoxy) is 2. The zero-order chi connectivity index (χ0) is 15.0. The summed E-state index contributed by atoms with van der Waals surface area (Å²) in [6, 6.07) is 9.81. The predicted molar refractivity (Wildman–Crippen MR) is 84.3 cm³/mol. The monoisotopic (exact) mass is 302 g/mol. The fourth-order valence-electron chi connectivity index (χ4n) is 2.48. The van der Waals surface area contributed by atoms with Crippen LogP contribution >= 0.6 is 11.6 Å². The molecule has 3 aromatic rings. The molecule has 0 unspecified atom stereocenters. The highest BCUT2D eigenvalue weighted by atomic mass is 35.5. The number of pyridine rings is 1. The number of hydrogen-bond acceptors (Lipinski definition) is 3. The third-order valence-corrected chi connectivity index (χ3v) is 3.78. The van der Waals surface area contributed by atoms with Crippen LogP contribution in [0.25, 0.3) is 22.2 Å². The molecule has 0 saturated carbocycles. The van der Waals surface area contributed by atoms with E-state index in [4.69, 9.17) is 21.1 Å². The molecular formula is C16H15ClN2O2. The topological polar surface area (TPSA) is 36.3 Å². The van der Waals surface area contributed by atoms with E-state index < -0.39 is 0 Å². The smallest absolute Gasteiger partial charge is 0.161 e. The summed E-state index contributed by atoms with van der Waals surface area (Å²) in [4.78, 5) is 4.12. The minimum atomic E-state index is 0.488. The molecule has 0 bridgehead atoms. The number of rotatable bonds is 3. The van der Waals surface area contributed by atoms with Gasteiger partial charge >= 0.3 is 0 Å².